The molecule has 1 aromatic heterocycles. The molecule has 1 aliphatic rings. The first-order valence-corrected chi connectivity index (χ1v) is 4.75. The molecule has 0 saturated carbocycles. The molecule has 1 aliphatic heterocycles. The molecular weight excluding hydrogens is 166 g/mol. The highest BCUT2D eigenvalue weighted by Gasteiger charge is 2.16. The molecule has 0 aliphatic carbocycles. The standard InChI is InChI=1S/C9H15N3O/c1-2-12-7-8(5-11-12)9-6-10-3-4-13-9/h5,7,9-10H,2-4,6H2,1H3. The van der Waals surface area contributed by atoms with E-state index in [1.54, 1.807) is 0 Å². The third kappa shape index (κ3) is 1.89. The van der Waals surface area contributed by atoms with E-state index in [9.17, 15) is 0 Å². The molecule has 0 amide bonds. The van der Waals surface area contributed by atoms with Crippen LogP contribution in [0.1, 0.15) is 18.6 Å². The minimum absolute atomic E-state index is 0.189. The molecule has 0 bridgehead atoms. The van der Waals surface area contributed by atoms with Gasteiger partial charge in [0.2, 0.25) is 0 Å². The monoisotopic (exact) mass is 181 g/mol. The van der Waals surface area contributed by atoms with Crippen molar-refractivity contribution in [1.82, 2.24) is 15.1 Å². The maximum Gasteiger partial charge on any atom is 0.0980 e. The molecule has 1 aromatic rings. The van der Waals surface area contributed by atoms with E-state index in [1.165, 1.54) is 5.56 Å². The number of hydrogen-bond acceptors (Lipinski definition) is 3. The second-order valence-corrected chi connectivity index (χ2v) is 3.19. The fraction of sp³-hybridized carbons (Fsp3) is 0.667. The van der Waals surface area contributed by atoms with Gasteiger partial charge in [-0.3, -0.25) is 4.68 Å². The van der Waals surface area contributed by atoms with E-state index in [0.717, 1.165) is 26.2 Å². The number of nitrogens with zero attached hydrogens (tertiary/aromatic N) is 2. The van der Waals surface area contributed by atoms with Gasteiger partial charge in [0.05, 0.1) is 18.9 Å². The summed E-state index contributed by atoms with van der Waals surface area (Å²) in [5.41, 5.74) is 1.18. The van der Waals surface area contributed by atoms with Crippen LogP contribution < -0.4 is 5.32 Å². The Balaban J connectivity index is 2.05. The van der Waals surface area contributed by atoms with Crippen LogP contribution in [0.15, 0.2) is 12.4 Å². The molecule has 0 spiro atoms. The molecule has 72 valence electrons. The number of morpholine rings is 1. The topological polar surface area (TPSA) is 39.1 Å². The number of aryl methyl sites for hydroxylation is 1. The van der Waals surface area contributed by atoms with Crippen molar-refractivity contribution in [3.8, 4) is 0 Å². The van der Waals surface area contributed by atoms with Gasteiger partial charge in [-0.15, -0.1) is 0 Å². The summed E-state index contributed by atoms with van der Waals surface area (Å²) in [7, 11) is 0. The highest BCUT2D eigenvalue weighted by atomic mass is 16.5. The summed E-state index contributed by atoms with van der Waals surface area (Å²) < 4.78 is 7.53. The zero-order chi connectivity index (χ0) is 9.10. The number of hydrogen-bond donors (Lipinski definition) is 1. The second-order valence-electron chi connectivity index (χ2n) is 3.19. The number of nitrogens with one attached hydrogen (secondary N) is 1. The van der Waals surface area contributed by atoms with Crippen molar-refractivity contribution in [2.45, 2.75) is 19.6 Å². The van der Waals surface area contributed by atoms with E-state index in [2.05, 4.69) is 23.5 Å². The van der Waals surface area contributed by atoms with Crippen molar-refractivity contribution in [3.05, 3.63) is 18.0 Å². The third-order valence-electron chi connectivity index (χ3n) is 2.28. The third-order valence-corrected chi connectivity index (χ3v) is 2.28. The molecule has 2 rings (SSSR count). The van der Waals surface area contributed by atoms with Crippen molar-refractivity contribution in [1.29, 1.82) is 0 Å². The van der Waals surface area contributed by atoms with Crippen LogP contribution in [0.4, 0.5) is 0 Å². The largest absolute Gasteiger partial charge is 0.371 e. The highest BCUT2D eigenvalue weighted by molar-refractivity contribution is 5.09. The Bertz CT molecular complexity index is 266. The lowest BCUT2D eigenvalue weighted by Gasteiger charge is -2.22. The number of rotatable bonds is 2. The zero-order valence-electron chi connectivity index (χ0n) is 7.86. The lowest BCUT2D eigenvalue weighted by atomic mass is 10.2. The Labute approximate surface area is 77.9 Å². The Morgan fingerprint density at radius 1 is 1.77 bits per heavy atom. The predicted molar refractivity (Wildman–Crippen MR) is 49.5 cm³/mol. The summed E-state index contributed by atoms with van der Waals surface area (Å²) in [4.78, 5) is 0. The SMILES string of the molecule is CCn1cc(C2CNCCO2)cn1. The van der Waals surface area contributed by atoms with Crippen molar-refractivity contribution < 1.29 is 4.74 Å². The van der Waals surface area contributed by atoms with Gasteiger partial charge in [0, 0.05) is 31.4 Å². The maximum absolute atomic E-state index is 5.61. The van der Waals surface area contributed by atoms with Crippen LogP contribution in [0.25, 0.3) is 0 Å². The van der Waals surface area contributed by atoms with Crippen LogP contribution in [0, 0.1) is 0 Å². The summed E-state index contributed by atoms with van der Waals surface area (Å²) in [6.45, 7) is 5.65. The van der Waals surface area contributed by atoms with Gasteiger partial charge in [-0.25, -0.2) is 0 Å². The molecule has 1 saturated heterocycles. The van der Waals surface area contributed by atoms with Crippen LogP contribution in [-0.4, -0.2) is 29.5 Å². The number of aromatic nitrogens is 2. The summed E-state index contributed by atoms with van der Waals surface area (Å²) in [5, 5.41) is 7.52. The van der Waals surface area contributed by atoms with Gasteiger partial charge in [-0.1, -0.05) is 0 Å². The van der Waals surface area contributed by atoms with E-state index in [-0.39, 0.29) is 6.10 Å². The summed E-state index contributed by atoms with van der Waals surface area (Å²) in [6, 6.07) is 0. The molecular formula is C9H15N3O. The van der Waals surface area contributed by atoms with Gasteiger partial charge in [-0.2, -0.15) is 5.10 Å². The summed E-state index contributed by atoms with van der Waals surface area (Å²) in [5.74, 6) is 0. The molecule has 4 heteroatoms. The van der Waals surface area contributed by atoms with E-state index in [1.807, 2.05) is 10.9 Å². The predicted octanol–water partition coefficient (Wildman–Crippen LogP) is 0.564. The Morgan fingerprint density at radius 2 is 2.69 bits per heavy atom. The normalized spacial score (nSPS) is 23.3. The van der Waals surface area contributed by atoms with E-state index in [4.69, 9.17) is 4.74 Å². The van der Waals surface area contributed by atoms with Crippen molar-refractivity contribution in [2.75, 3.05) is 19.7 Å². The summed E-state index contributed by atoms with van der Waals surface area (Å²) in [6.07, 6.45) is 4.13. The molecule has 1 unspecified atom stereocenters. The van der Waals surface area contributed by atoms with Crippen LogP contribution >= 0.6 is 0 Å². The average molecular weight is 181 g/mol. The lowest BCUT2D eigenvalue weighted by Crippen LogP contribution is -2.33. The van der Waals surface area contributed by atoms with E-state index in [0.29, 0.717) is 0 Å². The first kappa shape index (κ1) is 8.72. The Hall–Kier alpha value is -0.870. The molecule has 13 heavy (non-hydrogen) atoms. The Kier molecular flexibility index (Phi) is 2.61. The molecule has 0 aromatic carbocycles. The first-order chi connectivity index (χ1) is 6.40. The van der Waals surface area contributed by atoms with Gasteiger partial charge >= 0.3 is 0 Å². The average Bonchev–Trinajstić information content (AvgIpc) is 2.67. The van der Waals surface area contributed by atoms with E-state index < -0.39 is 0 Å². The van der Waals surface area contributed by atoms with Gasteiger partial charge in [-0.05, 0) is 6.92 Å². The van der Waals surface area contributed by atoms with Gasteiger partial charge < -0.3 is 10.1 Å². The molecule has 1 fully saturated rings. The molecule has 4 nitrogen and oxygen atoms in total. The van der Waals surface area contributed by atoms with Crippen molar-refractivity contribution >= 4 is 0 Å². The van der Waals surface area contributed by atoms with Gasteiger partial charge in [0.1, 0.15) is 0 Å². The fourth-order valence-electron chi connectivity index (χ4n) is 1.50. The minimum Gasteiger partial charge on any atom is -0.371 e. The van der Waals surface area contributed by atoms with Crippen molar-refractivity contribution in [3.63, 3.8) is 0 Å². The van der Waals surface area contributed by atoms with Gasteiger partial charge in [0.25, 0.3) is 0 Å². The summed E-state index contributed by atoms with van der Waals surface area (Å²) >= 11 is 0. The van der Waals surface area contributed by atoms with Crippen LogP contribution in [0.2, 0.25) is 0 Å². The molecule has 2 heterocycles. The van der Waals surface area contributed by atoms with Crippen LogP contribution in [-0.2, 0) is 11.3 Å². The molecule has 1 N–H and O–H groups in total. The first-order valence-electron chi connectivity index (χ1n) is 4.75. The fourth-order valence-corrected chi connectivity index (χ4v) is 1.50. The quantitative estimate of drug-likeness (QED) is 0.724. The Morgan fingerprint density at radius 3 is 3.31 bits per heavy atom. The zero-order valence-corrected chi connectivity index (χ0v) is 7.86. The van der Waals surface area contributed by atoms with Crippen molar-refractivity contribution in [2.24, 2.45) is 0 Å². The van der Waals surface area contributed by atoms with E-state index >= 15 is 0 Å². The molecule has 1 atom stereocenters. The van der Waals surface area contributed by atoms with Crippen LogP contribution in [0.5, 0.6) is 0 Å². The van der Waals surface area contributed by atoms with Gasteiger partial charge in [0.15, 0.2) is 0 Å². The van der Waals surface area contributed by atoms with Crippen LogP contribution in [0.3, 0.4) is 0 Å². The smallest absolute Gasteiger partial charge is 0.0980 e. The highest BCUT2D eigenvalue weighted by Crippen LogP contribution is 2.17. The number of ether oxygens (including phenoxy) is 1. The second kappa shape index (κ2) is 3.89. The maximum atomic E-state index is 5.61. The lowest BCUT2D eigenvalue weighted by molar-refractivity contribution is 0.0276. The minimum atomic E-state index is 0.189. The molecule has 0 radical (unpaired) electrons.